The Morgan fingerprint density at radius 1 is 1.03 bits per heavy atom. The van der Waals surface area contributed by atoms with Crippen molar-refractivity contribution in [3.8, 4) is 11.1 Å². The molecule has 4 rings (SSSR count). The van der Waals surface area contributed by atoms with Crippen LogP contribution in [0.2, 0.25) is 0 Å². The molecule has 0 saturated carbocycles. The van der Waals surface area contributed by atoms with Crippen molar-refractivity contribution in [3.05, 3.63) is 66.0 Å². The molecule has 8 heteroatoms. The molecule has 1 aliphatic heterocycles. The van der Waals surface area contributed by atoms with E-state index < -0.39 is 11.7 Å². The van der Waals surface area contributed by atoms with Crippen molar-refractivity contribution < 1.29 is 9.53 Å². The minimum absolute atomic E-state index is 0.187. The maximum Gasteiger partial charge on any atom is 0.408 e. The van der Waals surface area contributed by atoms with E-state index in [1.165, 1.54) is 5.56 Å². The highest BCUT2D eigenvalue weighted by molar-refractivity contribution is 7.99. The molecule has 0 unspecified atom stereocenters. The van der Waals surface area contributed by atoms with E-state index in [9.17, 15) is 4.79 Å². The Hall–Kier alpha value is -3.13. The lowest BCUT2D eigenvalue weighted by Crippen LogP contribution is -2.32. The molecule has 2 heterocycles. The van der Waals surface area contributed by atoms with Gasteiger partial charge in [0.05, 0.1) is 12.3 Å². The first-order chi connectivity index (χ1) is 14.4. The largest absolute Gasteiger partial charge is 0.444 e. The van der Waals surface area contributed by atoms with Crippen LogP contribution in [0.5, 0.6) is 0 Å². The lowest BCUT2D eigenvalue weighted by Gasteiger charge is -2.19. The maximum atomic E-state index is 11.9. The molecule has 0 fully saturated rings. The lowest BCUT2D eigenvalue weighted by atomic mass is 10.0. The Kier molecular flexibility index (Phi) is 5.59. The van der Waals surface area contributed by atoms with Gasteiger partial charge in [-0.3, -0.25) is 0 Å². The monoisotopic (exact) mass is 421 g/mol. The fourth-order valence-electron chi connectivity index (χ4n) is 2.97. The predicted molar refractivity (Wildman–Crippen MR) is 118 cm³/mol. The molecule has 0 radical (unpaired) electrons. The van der Waals surface area contributed by atoms with E-state index in [0.717, 1.165) is 16.8 Å². The molecule has 0 atom stereocenters. The third-order valence-electron chi connectivity index (χ3n) is 4.35. The van der Waals surface area contributed by atoms with Crippen LogP contribution in [-0.4, -0.2) is 38.0 Å². The topological polar surface area (TPSA) is 81.4 Å². The fraction of sp³-hybridized carbons (Fsp3) is 0.273. The number of nitrogens with one attached hydrogen (secondary N) is 1. The van der Waals surface area contributed by atoms with E-state index in [1.54, 1.807) is 16.4 Å². The van der Waals surface area contributed by atoms with Crippen LogP contribution < -0.4 is 5.32 Å². The third-order valence-corrected chi connectivity index (χ3v) is 5.28. The quantitative estimate of drug-likeness (QED) is 0.678. The van der Waals surface area contributed by atoms with Gasteiger partial charge in [-0.1, -0.05) is 66.4 Å². The number of rotatable bonds is 4. The first-order valence-electron chi connectivity index (χ1n) is 9.67. The van der Waals surface area contributed by atoms with E-state index in [-0.39, 0.29) is 6.54 Å². The second-order valence-electron chi connectivity index (χ2n) is 7.84. The number of ether oxygens (including phenoxy) is 1. The van der Waals surface area contributed by atoms with Crippen molar-refractivity contribution in [1.29, 1.82) is 0 Å². The van der Waals surface area contributed by atoms with Crippen molar-refractivity contribution in [2.24, 2.45) is 5.10 Å². The molecule has 0 bridgehead atoms. The minimum Gasteiger partial charge on any atom is -0.444 e. The number of aromatic nitrogens is 3. The Balaban J connectivity index is 1.50. The molecule has 0 aliphatic carbocycles. The second-order valence-corrected chi connectivity index (χ2v) is 8.79. The molecule has 154 valence electrons. The highest BCUT2D eigenvalue weighted by Gasteiger charge is 2.21. The smallest absolute Gasteiger partial charge is 0.408 e. The Bertz CT molecular complexity index is 1070. The van der Waals surface area contributed by atoms with Gasteiger partial charge in [-0.2, -0.15) is 9.78 Å². The van der Waals surface area contributed by atoms with Crippen LogP contribution in [0, 0.1) is 0 Å². The van der Waals surface area contributed by atoms with Gasteiger partial charge in [-0.05, 0) is 37.5 Å². The Labute approximate surface area is 179 Å². The standard InChI is InChI=1S/C22H23N5O2S/c1-22(2,3)29-21(28)23-13-19-24-25-20-27(19)26-18(14-30-20)17-11-9-16(10-12-17)15-7-5-4-6-8-15/h4-12H,13-14H2,1-3H3,(H,23,28). The summed E-state index contributed by atoms with van der Waals surface area (Å²) in [6.45, 7) is 5.65. The van der Waals surface area contributed by atoms with Gasteiger partial charge < -0.3 is 10.1 Å². The predicted octanol–water partition coefficient (Wildman–Crippen LogP) is 4.33. The molecule has 0 saturated heterocycles. The number of alkyl carbamates (subject to hydrolysis) is 1. The van der Waals surface area contributed by atoms with Gasteiger partial charge in [0, 0.05) is 5.75 Å². The molecule has 1 aromatic heterocycles. The van der Waals surface area contributed by atoms with Gasteiger partial charge >= 0.3 is 6.09 Å². The summed E-state index contributed by atoms with van der Waals surface area (Å²) in [4.78, 5) is 11.9. The number of amides is 1. The first-order valence-corrected chi connectivity index (χ1v) is 10.7. The van der Waals surface area contributed by atoms with Crippen LogP contribution in [0.1, 0.15) is 32.2 Å². The normalized spacial score (nSPS) is 13.4. The zero-order chi connectivity index (χ0) is 21.1. The van der Waals surface area contributed by atoms with Crippen molar-refractivity contribution in [3.63, 3.8) is 0 Å². The van der Waals surface area contributed by atoms with Crippen molar-refractivity contribution in [2.75, 3.05) is 5.75 Å². The summed E-state index contributed by atoms with van der Waals surface area (Å²) in [5, 5.41) is 16.5. The number of fused-ring (bicyclic) bond motifs is 1. The SMILES string of the molecule is CC(C)(C)OC(=O)NCc1nnc2n1N=C(c1ccc(-c3ccccc3)cc1)CS2. The summed E-state index contributed by atoms with van der Waals surface area (Å²) in [5.74, 6) is 1.27. The Morgan fingerprint density at radius 2 is 1.70 bits per heavy atom. The summed E-state index contributed by atoms with van der Waals surface area (Å²) >= 11 is 1.57. The van der Waals surface area contributed by atoms with Gasteiger partial charge in [-0.25, -0.2) is 4.79 Å². The van der Waals surface area contributed by atoms with Crippen LogP contribution in [0.25, 0.3) is 11.1 Å². The van der Waals surface area contributed by atoms with Crippen LogP contribution in [0.3, 0.4) is 0 Å². The summed E-state index contributed by atoms with van der Waals surface area (Å²) in [5.41, 5.74) is 3.77. The van der Waals surface area contributed by atoms with E-state index >= 15 is 0 Å². The summed E-state index contributed by atoms with van der Waals surface area (Å²) in [6, 6.07) is 18.6. The number of hydrogen-bond acceptors (Lipinski definition) is 6. The van der Waals surface area contributed by atoms with Gasteiger partial charge in [0.1, 0.15) is 5.60 Å². The number of carbonyl (C=O) groups excluding carboxylic acids is 1. The number of hydrogen-bond donors (Lipinski definition) is 1. The highest BCUT2D eigenvalue weighted by Crippen LogP contribution is 2.25. The molecule has 30 heavy (non-hydrogen) atoms. The van der Waals surface area contributed by atoms with Gasteiger partial charge in [0.2, 0.25) is 5.16 Å². The Morgan fingerprint density at radius 3 is 2.40 bits per heavy atom. The summed E-state index contributed by atoms with van der Waals surface area (Å²) in [7, 11) is 0. The number of carbonyl (C=O) groups is 1. The molecule has 7 nitrogen and oxygen atoms in total. The van der Waals surface area contributed by atoms with Gasteiger partial charge in [0.25, 0.3) is 0 Å². The number of benzene rings is 2. The average molecular weight is 422 g/mol. The highest BCUT2D eigenvalue weighted by atomic mass is 32.2. The molecular formula is C22H23N5O2S. The summed E-state index contributed by atoms with van der Waals surface area (Å²) < 4.78 is 6.96. The zero-order valence-corrected chi connectivity index (χ0v) is 17.9. The lowest BCUT2D eigenvalue weighted by molar-refractivity contribution is 0.0521. The van der Waals surface area contributed by atoms with Crippen molar-refractivity contribution in [1.82, 2.24) is 20.2 Å². The van der Waals surface area contributed by atoms with E-state index in [0.29, 0.717) is 16.7 Å². The minimum atomic E-state index is -0.554. The van der Waals surface area contributed by atoms with Crippen LogP contribution in [0.4, 0.5) is 4.79 Å². The van der Waals surface area contributed by atoms with Gasteiger partial charge in [0.15, 0.2) is 5.82 Å². The molecule has 1 amide bonds. The summed E-state index contributed by atoms with van der Waals surface area (Å²) in [6.07, 6.45) is -0.496. The zero-order valence-electron chi connectivity index (χ0n) is 17.1. The van der Waals surface area contributed by atoms with Crippen molar-refractivity contribution in [2.45, 2.75) is 38.1 Å². The number of nitrogens with zero attached hydrogens (tertiary/aromatic N) is 4. The molecule has 1 aliphatic rings. The molecule has 2 aromatic carbocycles. The second kappa shape index (κ2) is 8.31. The molecular weight excluding hydrogens is 398 g/mol. The van der Waals surface area contributed by atoms with E-state index in [4.69, 9.17) is 9.84 Å². The van der Waals surface area contributed by atoms with Crippen molar-refractivity contribution >= 4 is 23.6 Å². The number of thioether (sulfide) groups is 1. The molecule has 3 aromatic rings. The first kappa shape index (κ1) is 20.2. The van der Waals surface area contributed by atoms with E-state index in [2.05, 4.69) is 51.9 Å². The molecule has 0 spiro atoms. The maximum absolute atomic E-state index is 11.9. The molecule has 1 N–H and O–H groups in total. The van der Waals surface area contributed by atoms with Crippen LogP contribution in [0.15, 0.2) is 64.9 Å². The van der Waals surface area contributed by atoms with Gasteiger partial charge in [-0.15, -0.1) is 10.2 Å². The average Bonchev–Trinajstić information content (AvgIpc) is 3.14. The van der Waals surface area contributed by atoms with E-state index in [1.807, 2.05) is 39.0 Å². The third kappa shape index (κ3) is 4.71. The van der Waals surface area contributed by atoms with Crippen LogP contribution >= 0.6 is 11.8 Å². The van der Waals surface area contributed by atoms with Crippen LogP contribution in [-0.2, 0) is 11.3 Å². The fourth-order valence-corrected chi connectivity index (χ4v) is 3.83.